The van der Waals surface area contributed by atoms with Gasteiger partial charge in [-0.3, -0.25) is 4.98 Å². The number of esters is 1. The molecule has 0 bridgehead atoms. The Morgan fingerprint density at radius 1 is 1.19 bits per heavy atom. The second kappa shape index (κ2) is 5.79. The van der Waals surface area contributed by atoms with Crippen LogP contribution in [-0.4, -0.2) is 22.1 Å². The Morgan fingerprint density at radius 2 is 2.05 bits per heavy atom. The normalized spacial score (nSPS) is 10.7. The number of carbonyl (C=O) groups excluding carboxylic acids is 1. The quantitative estimate of drug-likeness (QED) is 0.689. The predicted molar refractivity (Wildman–Crippen MR) is 81.2 cm³/mol. The van der Waals surface area contributed by atoms with Crippen molar-refractivity contribution in [2.75, 3.05) is 6.61 Å². The highest BCUT2D eigenvalue weighted by molar-refractivity contribution is 5.88. The van der Waals surface area contributed by atoms with E-state index < -0.39 is 0 Å². The van der Waals surface area contributed by atoms with E-state index in [2.05, 4.69) is 4.98 Å². The summed E-state index contributed by atoms with van der Waals surface area (Å²) in [6.07, 6.45) is 3.69. The molecular weight excluding hydrogens is 264 g/mol. The first kappa shape index (κ1) is 13.4. The van der Waals surface area contributed by atoms with Gasteiger partial charge in [0.25, 0.3) is 0 Å². The number of para-hydroxylation sites is 1. The SMILES string of the molecule is CCOC(=O)c1cccn1Cc1ccnc2ccccc12. The van der Waals surface area contributed by atoms with Crippen LogP contribution in [0.25, 0.3) is 10.9 Å². The molecule has 0 radical (unpaired) electrons. The van der Waals surface area contributed by atoms with Gasteiger partial charge < -0.3 is 9.30 Å². The van der Waals surface area contributed by atoms with Gasteiger partial charge in [0.15, 0.2) is 0 Å². The largest absolute Gasteiger partial charge is 0.461 e. The highest BCUT2D eigenvalue weighted by Crippen LogP contribution is 2.18. The second-order valence-corrected chi connectivity index (χ2v) is 4.73. The smallest absolute Gasteiger partial charge is 0.354 e. The molecule has 0 amide bonds. The Labute approximate surface area is 123 Å². The van der Waals surface area contributed by atoms with Gasteiger partial charge in [-0.25, -0.2) is 4.79 Å². The first-order valence-corrected chi connectivity index (χ1v) is 6.94. The average molecular weight is 280 g/mol. The Bertz CT molecular complexity index is 772. The summed E-state index contributed by atoms with van der Waals surface area (Å²) in [5.41, 5.74) is 2.65. The van der Waals surface area contributed by atoms with Gasteiger partial charge in [0.05, 0.1) is 12.1 Å². The monoisotopic (exact) mass is 280 g/mol. The Morgan fingerprint density at radius 3 is 2.90 bits per heavy atom. The van der Waals surface area contributed by atoms with Crippen molar-refractivity contribution in [2.45, 2.75) is 13.5 Å². The van der Waals surface area contributed by atoms with E-state index in [1.54, 1.807) is 12.3 Å². The third-order valence-electron chi connectivity index (χ3n) is 3.39. The van der Waals surface area contributed by atoms with E-state index in [0.717, 1.165) is 16.5 Å². The molecule has 2 aromatic heterocycles. The molecule has 0 aliphatic carbocycles. The lowest BCUT2D eigenvalue weighted by atomic mass is 10.1. The average Bonchev–Trinajstić information content (AvgIpc) is 2.96. The maximum Gasteiger partial charge on any atom is 0.354 e. The Kier molecular flexibility index (Phi) is 3.69. The molecule has 0 aliphatic rings. The van der Waals surface area contributed by atoms with Crippen molar-refractivity contribution in [3.05, 3.63) is 66.1 Å². The number of hydrogen-bond acceptors (Lipinski definition) is 3. The summed E-state index contributed by atoms with van der Waals surface area (Å²) in [7, 11) is 0. The fourth-order valence-electron chi connectivity index (χ4n) is 2.42. The van der Waals surface area contributed by atoms with Crippen LogP contribution in [0.1, 0.15) is 23.0 Å². The fraction of sp³-hybridized carbons (Fsp3) is 0.176. The number of carbonyl (C=O) groups is 1. The molecule has 0 spiro atoms. The van der Waals surface area contributed by atoms with Crippen molar-refractivity contribution in [3.63, 3.8) is 0 Å². The number of aromatic nitrogens is 2. The summed E-state index contributed by atoms with van der Waals surface area (Å²) in [6.45, 7) is 2.80. The molecule has 0 fully saturated rings. The zero-order chi connectivity index (χ0) is 14.7. The minimum Gasteiger partial charge on any atom is -0.461 e. The number of benzene rings is 1. The lowest BCUT2D eigenvalue weighted by Crippen LogP contribution is -2.12. The van der Waals surface area contributed by atoms with Gasteiger partial charge in [0, 0.05) is 24.3 Å². The van der Waals surface area contributed by atoms with Crippen LogP contribution in [0.3, 0.4) is 0 Å². The van der Waals surface area contributed by atoms with Crippen LogP contribution in [0.15, 0.2) is 54.9 Å². The molecule has 21 heavy (non-hydrogen) atoms. The number of ether oxygens (including phenoxy) is 1. The van der Waals surface area contributed by atoms with Crippen molar-refractivity contribution in [1.82, 2.24) is 9.55 Å². The van der Waals surface area contributed by atoms with E-state index in [1.807, 2.05) is 54.1 Å². The van der Waals surface area contributed by atoms with Gasteiger partial charge in [-0.05, 0) is 36.8 Å². The maximum absolute atomic E-state index is 11.9. The van der Waals surface area contributed by atoms with E-state index in [9.17, 15) is 4.79 Å². The van der Waals surface area contributed by atoms with Gasteiger partial charge in [-0.2, -0.15) is 0 Å². The molecule has 0 N–H and O–H groups in total. The summed E-state index contributed by atoms with van der Waals surface area (Å²) in [4.78, 5) is 16.3. The summed E-state index contributed by atoms with van der Waals surface area (Å²) < 4.78 is 6.98. The molecule has 1 aromatic carbocycles. The van der Waals surface area contributed by atoms with E-state index in [1.165, 1.54) is 0 Å². The van der Waals surface area contributed by atoms with Gasteiger partial charge >= 0.3 is 5.97 Å². The van der Waals surface area contributed by atoms with Gasteiger partial charge in [0.1, 0.15) is 5.69 Å². The van der Waals surface area contributed by atoms with E-state index >= 15 is 0 Å². The fourth-order valence-corrected chi connectivity index (χ4v) is 2.42. The minimum absolute atomic E-state index is 0.291. The molecule has 0 unspecified atom stereocenters. The standard InChI is InChI=1S/C17H16N2O2/c1-2-21-17(20)16-8-5-11-19(16)12-13-9-10-18-15-7-4-3-6-14(13)15/h3-11H,2,12H2,1H3. The van der Waals surface area contributed by atoms with Crippen LogP contribution in [0.5, 0.6) is 0 Å². The third-order valence-corrected chi connectivity index (χ3v) is 3.39. The Balaban J connectivity index is 1.96. The molecule has 3 aromatic rings. The molecule has 0 saturated heterocycles. The van der Waals surface area contributed by atoms with E-state index in [-0.39, 0.29) is 5.97 Å². The van der Waals surface area contributed by atoms with E-state index in [4.69, 9.17) is 4.74 Å². The number of rotatable bonds is 4. The van der Waals surface area contributed by atoms with Crippen LogP contribution >= 0.6 is 0 Å². The third kappa shape index (κ3) is 2.65. The number of hydrogen-bond donors (Lipinski definition) is 0. The number of fused-ring (bicyclic) bond motifs is 1. The molecular formula is C17H16N2O2. The topological polar surface area (TPSA) is 44.1 Å². The van der Waals surface area contributed by atoms with Gasteiger partial charge in [-0.1, -0.05) is 18.2 Å². The molecule has 2 heterocycles. The first-order chi connectivity index (χ1) is 10.3. The molecule has 0 atom stereocenters. The second-order valence-electron chi connectivity index (χ2n) is 4.73. The summed E-state index contributed by atoms with van der Waals surface area (Å²) in [5, 5.41) is 1.10. The first-order valence-electron chi connectivity index (χ1n) is 6.94. The zero-order valence-corrected chi connectivity index (χ0v) is 11.8. The number of nitrogens with zero attached hydrogens (tertiary/aromatic N) is 2. The van der Waals surface area contributed by atoms with Crippen LogP contribution in [0, 0.1) is 0 Å². The summed E-state index contributed by atoms with van der Waals surface area (Å²) in [5.74, 6) is -0.291. The minimum atomic E-state index is -0.291. The molecule has 0 saturated carbocycles. The molecule has 4 nitrogen and oxygen atoms in total. The number of pyridine rings is 1. The van der Waals surface area contributed by atoms with Crippen LogP contribution in [0.4, 0.5) is 0 Å². The van der Waals surface area contributed by atoms with Gasteiger partial charge in [0.2, 0.25) is 0 Å². The molecule has 3 rings (SSSR count). The summed E-state index contributed by atoms with van der Waals surface area (Å²) in [6, 6.07) is 13.6. The summed E-state index contributed by atoms with van der Waals surface area (Å²) >= 11 is 0. The van der Waals surface area contributed by atoms with Crippen molar-refractivity contribution in [3.8, 4) is 0 Å². The van der Waals surface area contributed by atoms with Crippen LogP contribution in [0.2, 0.25) is 0 Å². The van der Waals surface area contributed by atoms with Crippen molar-refractivity contribution in [1.29, 1.82) is 0 Å². The Hall–Kier alpha value is -2.62. The highest BCUT2D eigenvalue weighted by Gasteiger charge is 2.12. The van der Waals surface area contributed by atoms with E-state index in [0.29, 0.717) is 18.8 Å². The molecule has 0 aliphatic heterocycles. The zero-order valence-electron chi connectivity index (χ0n) is 11.8. The van der Waals surface area contributed by atoms with Crippen LogP contribution < -0.4 is 0 Å². The maximum atomic E-state index is 11.9. The highest BCUT2D eigenvalue weighted by atomic mass is 16.5. The predicted octanol–water partition coefficient (Wildman–Crippen LogP) is 3.26. The lowest BCUT2D eigenvalue weighted by molar-refractivity contribution is 0.0514. The molecule has 4 heteroatoms. The van der Waals surface area contributed by atoms with Crippen molar-refractivity contribution in [2.24, 2.45) is 0 Å². The lowest BCUT2D eigenvalue weighted by Gasteiger charge is -2.10. The van der Waals surface area contributed by atoms with Crippen molar-refractivity contribution < 1.29 is 9.53 Å². The van der Waals surface area contributed by atoms with Crippen molar-refractivity contribution >= 4 is 16.9 Å². The van der Waals surface area contributed by atoms with Crippen LogP contribution in [-0.2, 0) is 11.3 Å². The molecule has 106 valence electrons. The van der Waals surface area contributed by atoms with Gasteiger partial charge in [-0.15, -0.1) is 0 Å².